The molecule has 1 aromatic rings. The minimum Gasteiger partial charge on any atom is -0.474 e. The van der Waals surface area contributed by atoms with E-state index in [9.17, 15) is 4.39 Å². The first-order chi connectivity index (χ1) is 8.70. The number of ether oxygens (including phenoxy) is 1. The number of nitrogens with zero attached hydrogens (tertiary/aromatic N) is 1. The van der Waals surface area contributed by atoms with Crippen LogP contribution in [0, 0.1) is 5.82 Å². The fraction of sp³-hybridized carbons (Fsp3) is 0.615. The molecule has 1 N–H and O–H groups in total. The predicted octanol–water partition coefficient (Wildman–Crippen LogP) is 3.04. The summed E-state index contributed by atoms with van der Waals surface area (Å²) in [7, 11) is 0. The maximum Gasteiger partial charge on any atom is 0.214 e. The van der Waals surface area contributed by atoms with Gasteiger partial charge in [-0.15, -0.1) is 0 Å². The molecule has 2 bridgehead atoms. The van der Waals surface area contributed by atoms with Gasteiger partial charge in [0, 0.05) is 18.2 Å². The molecule has 2 unspecified atom stereocenters. The number of halogens is 2. The smallest absolute Gasteiger partial charge is 0.214 e. The Hall–Kier alpha value is -0.680. The van der Waals surface area contributed by atoms with Crippen LogP contribution < -0.4 is 10.1 Å². The summed E-state index contributed by atoms with van der Waals surface area (Å²) in [5.41, 5.74) is 0. The summed E-state index contributed by atoms with van der Waals surface area (Å²) >= 11 is 3.15. The molecule has 0 aliphatic carbocycles. The van der Waals surface area contributed by atoms with Crippen LogP contribution in [-0.2, 0) is 0 Å². The molecule has 0 radical (unpaired) electrons. The van der Waals surface area contributed by atoms with Crippen LogP contribution >= 0.6 is 15.9 Å². The van der Waals surface area contributed by atoms with Crippen LogP contribution in [0.25, 0.3) is 0 Å². The highest BCUT2D eigenvalue weighted by molar-refractivity contribution is 9.10. The zero-order chi connectivity index (χ0) is 12.5. The number of fused-ring (bicyclic) bond motifs is 2. The zero-order valence-electron chi connectivity index (χ0n) is 10.0. The largest absolute Gasteiger partial charge is 0.474 e. The third-order valence-corrected chi connectivity index (χ3v) is 4.35. The Morgan fingerprint density at radius 1 is 1.33 bits per heavy atom. The van der Waals surface area contributed by atoms with Crippen molar-refractivity contribution in [3.63, 3.8) is 0 Å². The molecule has 0 spiro atoms. The van der Waals surface area contributed by atoms with Crippen LogP contribution in [0.15, 0.2) is 16.7 Å². The molecule has 0 amide bonds. The lowest BCUT2D eigenvalue weighted by Gasteiger charge is -2.40. The monoisotopic (exact) mass is 314 g/mol. The third-order valence-electron chi connectivity index (χ3n) is 3.74. The first kappa shape index (κ1) is 12.4. The molecule has 18 heavy (non-hydrogen) atoms. The maximum atomic E-state index is 13.1. The number of pyridine rings is 1. The van der Waals surface area contributed by atoms with E-state index in [0.29, 0.717) is 22.4 Å². The van der Waals surface area contributed by atoms with Gasteiger partial charge in [0.2, 0.25) is 5.88 Å². The SMILES string of the molecule is Fc1cnc(OC2CC3CCCC(C2)N3)cc1Br. The van der Waals surface area contributed by atoms with E-state index in [1.54, 1.807) is 6.07 Å². The lowest BCUT2D eigenvalue weighted by Crippen LogP contribution is -2.51. The number of nitrogens with one attached hydrogen (secondary N) is 1. The van der Waals surface area contributed by atoms with Crippen molar-refractivity contribution in [2.75, 3.05) is 0 Å². The Kier molecular flexibility index (Phi) is 3.52. The Morgan fingerprint density at radius 2 is 2.06 bits per heavy atom. The summed E-state index contributed by atoms with van der Waals surface area (Å²) in [6, 6.07) is 2.76. The van der Waals surface area contributed by atoms with Crippen molar-refractivity contribution in [1.82, 2.24) is 10.3 Å². The molecule has 0 aromatic carbocycles. The minimum atomic E-state index is -0.357. The molecule has 0 saturated carbocycles. The van der Waals surface area contributed by atoms with Gasteiger partial charge in [0.05, 0.1) is 10.7 Å². The summed E-state index contributed by atoms with van der Waals surface area (Å²) in [5.74, 6) is 0.151. The normalized spacial score (nSPS) is 31.1. The molecule has 3 heterocycles. The van der Waals surface area contributed by atoms with Gasteiger partial charge < -0.3 is 10.1 Å². The second kappa shape index (κ2) is 5.13. The van der Waals surface area contributed by atoms with Crippen molar-refractivity contribution >= 4 is 15.9 Å². The number of aromatic nitrogens is 1. The van der Waals surface area contributed by atoms with E-state index in [0.717, 1.165) is 12.8 Å². The van der Waals surface area contributed by atoms with Crippen molar-refractivity contribution in [3.8, 4) is 5.88 Å². The fourth-order valence-corrected chi connectivity index (χ4v) is 3.24. The molecular formula is C13H16BrFN2O. The Labute approximate surface area is 114 Å². The standard InChI is InChI=1S/C13H16BrFN2O/c14-11-6-13(16-7-12(11)15)18-10-4-8-2-1-3-9(5-10)17-8/h6-10,17H,1-5H2. The summed E-state index contributed by atoms with van der Waals surface area (Å²) in [5, 5.41) is 3.62. The van der Waals surface area contributed by atoms with E-state index in [4.69, 9.17) is 4.74 Å². The highest BCUT2D eigenvalue weighted by atomic mass is 79.9. The van der Waals surface area contributed by atoms with E-state index in [-0.39, 0.29) is 11.9 Å². The van der Waals surface area contributed by atoms with E-state index < -0.39 is 0 Å². The molecule has 2 fully saturated rings. The first-order valence-corrected chi connectivity index (χ1v) is 7.24. The minimum absolute atomic E-state index is 0.200. The molecule has 5 heteroatoms. The summed E-state index contributed by atoms with van der Waals surface area (Å²) in [6.45, 7) is 0. The second-order valence-corrected chi connectivity index (χ2v) is 5.99. The molecule has 98 valence electrons. The Balaban J connectivity index is 1.67. The average Bonchev–Trinajstić information content (AvgIpc) is 2.33. The second-order valence-electron chi connectivity index (χ2n) is 5.14. The van der Waals surface area contributed by atoms with E-state index in [1.165, 1.54) is 25.5 Å². The summed E-state index contributed by atoms with van der Waals surface area (Å²) < 4.78 is 19.4. The first-order valence-electron chi connectivity index (χ1n) is 6.44. The highest BCUT2D eigenvalue weighted by Gasteiger charge is 2.32. The van der Waals surface area contributed by atoms with Crippen molar-refractivity contribution in [1.29, 1.82) is 0 Å². The predicted molar refractivity (Wildman–Crippen MR) is 70.1 cm³/mol. The number of hydrogen-bond acceptors (Lipinski definition) is 3. The molecule has 2 saturated heterocycles. The maximum absolute atomic E-state index is 13.1. The number of rotatable bonds is 2. The Morgan fingerprint density at radius 3 is 2.72 bits per heavy atom. The highest BCUT2D eigenvalue weighted by Crippen LogP contribution is 2.29. The molecule has 1 aromatic heterocycles. The molecule has 3 nitrogen and oxygen atoms in total. The van der Waals surface area contributed by atoms with Gasteiger partial charge in [-0.3, -0.25) is 0 Å². The van der Waals surface area contributed by atoms with Gasteiger partial charge in [-0.1, -0.05) is 6.42 Å². The van der Waals surface area contributed by atoms with Crippen molar-refractivity contribution in [2.24, 2.45) is 0 Å². The van der Waals surface area contributed by atoms with Crippen molar-refractivity contribution in [2.45, 2.75) is 50.3 Å². The molecule has 2 aliphatic heterocycles. The van der Waals surface area contributed by atoms with Crippen LogP contribution in [0.3, 0.4) is 0 Å². The quantitative estimate of drug-likeness (QED) is 0.911. The van der Waals surface area contributed by atoms with Gasteiger partial charge in [-0.2, -0.15) is 0 Å². The van der Waals surface area contributed by atoms with Crippen LogP contribution in [-0.4, -0.2) is 23.2 Å². The number of piperidine rings is 2. The molecule has 2 aliphatic rings. The lowest BCUT2D eigenvalue weighted by molar-refractivity contribution is 0.0887. The van der Waals surface area contributed by atoms with E-state index >= 15 is 0 Å². The van der Waals surface area contributed by atoms with Gasteiger partial charge in [0.15, 0.2) is 5.82 Å². The van der Waals surface area contributed by atoms with Gasteiger partial charge >= 0.3 is 0 Å². The van der Waals surface area contributed by atoms with E-state index in [1.807, 2.05) is 0 Å². The lowest BCUT2D eigenvalue weighted by atomic mass is 9.85. The van der Waals surface area contributed by atoms with Crippen LogP contribution in [0.5, 0.6) is 5.88 Å². The van der Waals surface area contributed by atoms with Gasteiger partial charge in [-0.25, -0.2) is 9.37 Å². The van der Waals surface area contributed by atoms with Gasteiger partial charge in [-0.05, 0) is 41.6 Å². The molecule has 3 rings (SSSR count). The molecular weight excluding hydrogens is 299 g/mol. The third kappa shape index (κ3) is 2.67. The summed E-state index contributed by atoms with van der Waals surface area (Å²) in [6.07, 6.45) is 7.22. The zero-order valence-corrected chi connectivity index (χ0v) is 11.6. The van der Waals surface area contributed by atoms with Crippen molar-refractivity contribution < 1.29 is 9.13 Å². The number of hydrogen-bond donors (Lipinski definition) is 1. The molecule has 2 atom stereocenters. The fourth-order valence-electron chi connectivity index (χ4n) is 2.94. The topological polar surface area (TPSA) is 34.1 Å². The van der Waals surface area contributed by atoms with Crippen molar-refractivity contribution in [3.05, 3.63) is 22.6 Å². The average molecular weight is 315 g/mol. The van der Waals surface area contributed by atoms with Crippen LogP contribution in [0.4, 0.5) is 4.39 Å². The van der Waals surface area contributed by atoms with Crippen LogP contribution in [0.2, 0.25) is 0 Å². The van der Waals surface area contributed by atoms with Gasteiger partial charge in [0.25, 0.3) is 0 Å². The van der Waals surface area contributed by atoms with E-state index in [2.05, 4.69) is 26.2 Å². The summed E-state index contributed by atoms with van der Waals surface area (Å²) in [4.78, 5) is 3.98. The van der Waals surface area contributed by atoms with Crippen LogP contribution in [0.1, 0.15) is 32.1 Å². The Bertz CT molecular complexity index is 431. The van der Waals surface area contributed by atoms with Gasteiger partial charge in [0.1, 0.15) is 6.10 Å².